The summed E-state index contributed by atoms with van der Waals surface area (Å²) in [6.07, 6.45) is 3.54. The maximum absolute atomic E-state index is 2.50. The molecule has 0 aromatic heterocycles. The first-order valence-electron chi connectivity index (χ1n) is 9.25. The molecule has 0 atom stereocenters. The molecule has 0 bridgehead atoms. The minimum absolute atomic E-state index is 1.08. The summed E-state index contributed by atoms with van der Waals surface area (Å²) in [6.45, 7) is 7.20. The molecule has 0 fully saturated rings. The van der Waals surface area contributed by atoms with E-state index in [1.54, 1.807) is 0 Å². The molecule has 0 aliphatic rings. The third-order valence-electron chi connectivity index (χ3n) is 4.59. The zero-order valence-electron chi connectivity index (χ0n) is 16.0. The van der Waals surface area contributed by atoms with Gasteiger partial charge in [0, 0.05) is 0 Å². The van der Waals surface area contributed by atoms with Gasteiger partial charge in [0.15, 0.2) is 0 Å². The summed E-state index contributed by atoms with van der Waals surface area (Å²) in [5.41, 5.74) is 2.50. The molecule has 2 heteroatoms. The summed E-state index contributed by atoms with van der Waals surface area (Å²) in [6, 6.07) is 33.3. The maximum Gasteiger partial charge on any atom is 0.115 e. The highest BCUT2D eigenvalue weighted by Gasteiger charge is 2.44. The zero-order chi connectivity index (χ0) is 18.5. The van der Waals surface area contributed by atoms with Crippen LogP contribution < -0.4 is 15.9 Å². The fourth-order valence-corrected chi connectivity index (χ4v) is 8.39. The Bertz CT molecular complexity index is 737. The topological polar surface area (TPSA) is 0 Å². The molecule has 0 amide bonds. The number of rotatable bonds is 6. The van der Waals surface area contributed by atoms with Gasteiger partial charge in [-0.05, 0) is 36.4 Å². The minimum atomic E-state index is -1.70. The Morgan fingerprint density at radius 1 is 0.615 bits per heavy atom. The molecular formula is C24H28PSi+. The largest absolute Gasteiger partial charge is 0.115 e. The van der Waals surface area contributed by atoms with Gasteiger partial charge in [-0.3, -0.25) is 0 Å². The Labute approximate surface area is 160 Å². The Morgan fingerprint density at radius 3 is 1.27 bits per heavy atom. The van der Waals surface area contributed by atoms with Gasteiger partial charge in [0.25, 0.3) is 0 Å². The number of allylic oxidation sites excluding steroid dienone is 1. The Kier molecular flexibility index (Phi) is 5.91. The highest BCUT2D eigenvalue weighted by molar-refractivity contribution is 7.95. The first kappa shape index (κ1) is 18.8. The molecule has 0 nitrogen and oxygen atoms in total. The number of hydrogen-bond donors (Lipinski definition) is 0. The van der Waals surface area contributed by atoms with Crippen LogP contribution in [0.1, 0.15) is 0 Å². The summed E-state index contributed by atoms with van der Waals surface area (Å²) >= 11 is 0. The summed E-state index contributed by atoms with van der Waals surface area (Å²) < 4.78 is 0. The monoisotopic (exact) mass is 375 g/mol. The second kappa shape index (κ2) is 8.16. The van der Waals surface area contributed by atoms with Crippen LogP contribution >= 0.6 is 7.26 Å². The average Bonchev–Trinajstić information content (AvgIpc) is 2.67. The van der Waals surface area contributed by atoms with Gasteiger partial charge < -0.3 is 0 Å². The lowest BCUT2D eigenvalue weighted by atomic mass is 10.4. The van der Waals surface area contributed by atoms with E-state index >= 15 is 0 Å². The lowest BCUT2D eigenvalue weighted by molar-refractivity contribution is 1.64. The van der Waals surface area contributed by atoms with E-state index in [4.69, 9.17) is 0 Å². The number of hydrogen-bond acceptors (Lipinski definition) is 0. The van der Waals surface area contributed by atoms with E-state index in [1.807, 2.05) is 0 Å². The summed E-state index contributed by atoms with van der Waals surface area (Å²) in [5.74, 6) is 0. The molecule has 0 radical (unpaired) electrons. The molecule has 3 aromatic rings. The van der Waals surface area contributed by atoms with E-state index in [0.717, 1.165) is 6.16 Å². The van der Waals surface area contributed by atoms with Crippen molar-refractivity contribution in [3.05, 3.63) is 103 Å². The normalized spacial score (nSPS) is 12.4. The molecule has 3 rings (SSSR count). The van der Waals surface area contributed by atoms with Crippen molar-refractivity contribution in [2.45, 2.75) is 19.6 Å². The molecule has 26 heavy (non-hydrogen) atoms. The van der Waals surface area contributed by atoms with Crippen molar-refractivity contribution < 1.29 is 0 Å². The van der Waals surface area contributed by atoms with E-state index in [0.29, 0.717) is 0 Å². The van der Waals surface area contributed by atoms with Crippen LogP contribution in [0.5, 0.6) is 0 Å². The lowest BCUT2D eigenvalue weighted by Crippen LogP contribution is -2.33. The van der Waals surface area contributed by atoms with Crippen molar-refractivity contribution in [2.24, 2.45) is 0 Å². The van der Waals surface area contributed by atoms with Gasteiger partial charge in [0.05, 0.1) is 14.2 Å². The smallest absolute Gasteiger partial charge is 0.0953 e. The van der Waals surface area contributed by atoms with Crippen LogP contribution in [-0.4, -0.2) is 14.2 Å². The van der Waals surface area contributed by atoms with Crippen LogP contribution in [0.15, 0.2) is 103 Å². The highest BCUT2D eigenvalue weighted by atomic mass is 31.2. The minimum Gasteiger partial charge on any atom is -0.0953 e. The van der Waals surface area contributed by atoms with Crippen LogP contribution in [0.2, 0.25) is 19.6 Å². The van der Waals surface area contributed by atoms with Gasteiger partial charge in [0.1, 0.15) is 23.2 Å². The predicted molar refractivity (Wildman–Crippen MR) is 123 cm³/mol. The standard InChI is InChI=1S/C24H28PSi/c1-26(2,3)21-13-20-25(22-14-7-4-8-15-22,23-16-9-5-10-17-23)24-18-11-6-12-19-24/h4-19,21H,20H2,1-3H3/q+1. The molecule has 3 aromatic carbocycles. The Balaban J connectivity index is 2.23. The van der Waals surface area contributed by atoms with Crippen LogP contribution in [0, 0.1) is 0 Å². The van der Waals surface area contributed by atoms with Crippen molar-refractivity contribution in [2.75, 3.05) is 6.16 Å². The molecule has 0 unspecified atom stereocenters. The third kappa shape index (κ3) is 4.23. The molecule has 0 saturated heterocycles. The summed E-state index contributed by atoms with van der Waals surface area (Å²) in [7, 11) is -2.93. The van der Waals surface area contributed by atoms with Crippen molar-refractivity contribution in [1.82, 2.24) is 0 Å². The van der Waals surface area contributed by atoms with E-state index < -0.39 is 15.3 Å². The van der Waals surface area contributed by atoms with Crippen molar-refractivity contribution in [1.29, 1.82) is 0 Å². The molecule has 0 heterocycles. The second-order valence-corrected chi connectivity index (χ2v) is 16.4. The van der Waals surface area contributed by atoms with Gasteiger partial charge in [-0.2, -0.15) is 0 Å². The van der Waals surface area contributed by atoms with E-state index in [-0.39, 0.29) is 0 Å². The molecule has 0 aliphatic carbocycles. The molecule has 0 spiro atoms. The second-order valence-electron chi connectivity index (χ2n) is 7.77. The maximum atomic E-state index is 2.50. The van der Waals surface area contributed by atoms with E-state index in [1.165, 1.54) is 15.9 Å². The molecule has 0 N–H and O–H groups in total. The SMILES string of the molecule is C[Si](C)(C)C=CC[P+](c1ccccc1)(c1ccccc1)c1ccccc1. The van der Waals surface area contributed by atoms with Crippen LogP contribution in [0.3, 0.4) is 0 Å². The predicted octanol–water partition coefficient (Wildman–Crippen LogP) is 5.41. The first-order valence-corrected chi connectivity index (χ1v) is 14.8. The van der Waals surface area contributed by atoms with Gasteiger partial charge in [0.2, 0.25) is 0 Å². The van der Waals surface area contributed by atoms with Crippen LogP contribution in [-0.2, 0) is 0 Å². The molecule has 132 valence electrons. The van der Waals surface area contributed by atoms with Gasteiger partial charge in [-0.1, -0.05) is 86.0 Å². The van der Waals surface area contributed by atoms with Crippen LogP contribution in [0.4, 0.5) is 0 Å². The average molecular weight is 376 g/mol. The van der Waals surface area contributed by atoms with E-state index in [9.17, 15) is 0 Å². The van der Waals surface area contributed by atoms with Gasteiger partial charge in [-0.15, -0.1) is 0 Å². The highest BCUT2D eigenvalue weighted by Crippen LogP contribution is 2.55. The van der Waals surface area contributed by atoms with E-state index in [2.05, 4.69) is 122 Å². The fraction of sp³-hybridized carbons (Fsp3) is 0.167. The lowest BCUT2D eigenvalue weighted by Gasteiger charge is -2.27. The van der Waals surface area contributed by atoms with Crippen molar-refractivity contribution >= 4 is 31.2 Å². The van der Waals surface area contributed by atoms with Crippen molar-refractivity contribution in [3.8, 4) is 0 Å². The quantitative estimate of drug-likeness (QED) is 0.399. The number of benzene rings is 3. The van der Waals surface area contributed by atoms with Crippen molar-refractivity contribution in [3.63, 3.8) is 0 Å². The summed E-state index contributed by atoms with van der Waals surface area (Å²) in [5, 5.41) is 4.37. The van der Waals surface area contributed by atoms with Gasteiger partial charge >= 0.3 is 0 Å². The van der Waals surface area contributed by atoms with Crippen LogP contribution in [0.25, 0.3) is 0 Å². The zero-order valence-corrected chi connectivity index (χ0v) is 17.9. The molecular weight excluding hydrogens is 347 g/mol. The third-order valence-corrected chi connectivity index (χ3v) is 10.1. The fourth-order valence-electron chi connectivity index (χ4n) is 3.38. The Morgan fingerprint density at radius 2 is 0.962 bits per heavy atom. The first-order chi connectivity index (χ1) is 12.5. The van der Waals surface area contributed by atoms with Gasteiger partial charge in [-0.25, -0.2) is 0 Å². The Hall–Kier alpha value is -1.95. The molecule has 0 saturated carbocycles. The molecule has 0 aliphatic heterocycles. The summed E-state index contributed by atoms with van der Waals surface area (Å²) in [4.78, 5) is 0.